The number of methoxy groups -OCH3 is 1. The fraction of sp³-hybridized carbons (Fsp3) is 0.370. The molecule has 9 nitrogen and oxygen atoms in total. The van der Waals surface area contributed by atoms with Gasteiger partial charge in [0.2, 0.25) is 0 Å². The van der Waals surface area contributed by atoms with E-state index >= 15 is 0 Å². The normalized spacial score (nSPS) is 15.7. The Morgan fingerprint density at radius 2 is 1.68 bits per heavy atom. The molecule has 2 aromatic carbocycles. The zero-order valence-corrected chi connectivity index (χ0v) is 21.9. The molecule has 0 aliphatic carbocycles. The summed E-state index contributed by atoms with van der Waals surface area (Å²) in [5.41, 5.74) is 2.46. The van der Waals surface area contributed by atoms with Crippen LogP contribution in [0.1, 0.15) is 18.4 Å². The van der Waals surface area contributed by atoms with Crippen molar-refractivity contribution in [1.29, 1.82) is 0 Å². The van der Waals surface area contributed by atoms with Gasteiger partial charge in [0.05, 0.1) is 12.8 Å². The summed E-state index contributed by atoms with van der Waals surface area (Å²) in [6.45, 7) is 3.81. The third-order valence-corrected chi connectivity index (χ3v) is 7.17. The number of carboxylic acid groups (broad SMARTS) is 2. The maximum Gasteiger partial charge on any atom is 0.328 e. The van der Waals surface area contributed by atoms with Crippen LogP contribution in [0.2, 0.25) is 0 Å². The van der Waals surface area contributed by atoms with Crippen LogP contribution in [0.5, 0.6) is 11.5 Å². The molecule has 2 aliphatic rings. The highest BCUT2D eigenvalue weighted by atomic mass is 32.2. The third kappa shape index (κ3) is 8.83. The van der Waals surface area contributed by atoms with E-state index in [1.165, 1.54) is 5.56 Å². The molecule has 198 valence electrons. The van der Waals surface area contributed by atoms with E-state index in [2.05, 4.69) is 41.1 Å². The first-order valence-corrected chi connectivity index (χ1v) is 13.0. The van der Waals surface area contributed by atoms with Gasteiger partial charge >= 0.3 is 11.9 Å². The molecule has 4 rings (SSSR count). The highest BCUT2D eigenvalue weighted by Crippen LogP contribution is 2.33. The molecule has 0 radical (unpaired) electrons. The van der Waals surface area contributed by atoms with Crippen molar-refractivity contribution in [3.8, 4) is 11.5 Å². The lowest BCUT2D eigenvalue weighted by molar-refractivity contribution is -0.134. The van der Waals surface area contributed by atoms with Gasteiger partial charge in [-0.15, -0.1) is 0 Å². The van der Waals surface area contributed by atoms with E-state index in [9.17, 15) is 9.59 Å². The van der Waals surface area contributed by atoms with Gasteiger partial charge in [-0.2, -0.15) is 0 Å². The number of hydrogen-bond donors (Lipinski definition) is 2. The van der Waals surface area contributed by atoms with Gasteiger partial charge in [0.15, 0.2) is 16.7 Å². The van der Waals surface area contributed by atoms with E-state index in [0.717, 1.165) is 60.6 Å². The van der Waals surface area contributed by atoms with Crippen molar-refractivity contribution in [2.45, 2.75) is 24.6 Å². The Bertz CT molecular complexity index is 1100. The van der Waals surface area contributed by atoms with Crippen LogP contribution in [0, 0.1) is 0 Å². The van der Waals surface area contributed by atoms with Crippen molar-refractivity contribution in [2.75, 3.05) is 40.4 Å². The maximum atomic E-state index is 9.55. The van der Waals surface area contributed by atoms with Crippen LogP contribution in [0.4, 0.5) is 5.69 Å². The summed E-state index contributed by atoms with van der Waals surface area (Å²) in [7, 11) is 3.88. The lowest BCUT2D eigenvalue weighted by Gasteiger charge is -2.38. The number of carbonyl (C=O) groups is 2. The van der Waals surface area contributed by atoms with Gasteiger partial charge in [0.1, 0.15) is 6.61 Å². The van der Waals surface area contributed by atoms with Crippen LogP contribution < -0.4 is 9.47 Å². The molecule has 0 saturated carbocycles. The molecular weight excluding hydrogens is 494 g/mol. The first kappa shape index (κ1) is 28.1. The van der Waals surface area contributed by atoms with Crippen LogP contribution in [0.25, 0.3) is 0 Å². The molecular formula is C27H33N3O6S. The minimum Gasteiger partial charge on any atom is -0.493 e. The molecule has 2 aliphatic heterocycles. The highest BCUT2D eigenvalue weighted by Gasteiger charge is 2.26. The van der Waals surface area contributed by atoms with E-state index in [1.54, 1.807) is 7.11 Å². The number of para-hydroxylation sites is 3. The molecule has 37 heavy (non-hydrogen) atoms. The number of nitrogens with zero attached hydrogens (tertiary/aromatic N) is 3. The van der Waals surface area contributed by atoms with Crippen LogP contribution in [-0.4, -0.2) is 83.6 Å². The SMILES string of the molecule is COc1ccccc1OCCN1CCC(N(C)C2=Nc3ccccc3CS2)CC1.O=C(O)C=CC(=O)O. The largest absolute Gasteiger partial charge is 0.493 e. The topological polar surface area (TPSA) is 112 Å². The Morgan fingerprint density at radius 3 is 2.32 bits per heavy atom. The first-order chi connectivity index (χ1) is 17.9. The Hall–Kier alpha value is -3.50. The Labute approximate surface area is 221 Å². The summed E-state index contributed by atoms with van der Waals surface area (Å²) >= 11 is 1.85. The van der Waals surface area contributed by atoms with Crippen molar-refractivity contribution in [2.24, 2.45) is 4.99 Å². The Kier molecular flexibility index (Phi) is 10.8. The molecule has 0 aromatic heterocycles. The summed E-state index contributed by atoms with van der Waals surface area (Å²) in [6, 6.07) is 16.8. The second-order valence-corrected chi connectivity index (χ2v) is 9.45. The number of fused-ring (bicyclic) bond motifs is 1. The zero-order chi connectivity index (χ0) is 26.6. The van der Waals surface area contributed by atoms with E-state index in [0.29, 0.717) is 24.8 Å². The fourth-order valence-corrected chi connectivity index (χ4v) is 5.10. The van der Waals surface area contributed by atoms with E-state index in [-0.39, 0.29) is 0 Å². The average molecular weight is 528 g/mol. The van der Waals surface area contributed by atoms with Crippen molar-refractivity contribution < 1.29 is 29.3 Å². The number of aliphatic imine (C=N–C) groups is 1. The van der Waals surface area contributed by atoms with Gasteiger partial charge in [-0.3, -0.25) is 4.90 Å². The van der Waals surface area contributed by atoms with Crippen LogP contribution in [-0.2, 0) is 15.3 Å². The number of hydrogen-bond acceptors (Lipinski definition) is 8. The number of likely N-dealkylation sites (tertiary alicyclic amines) is 1. The molecule has 2 N–H and O–H groups in total. The first-order valence-electron chi connectivity index (χ1n) is 12.0. The molecule has 1 fully saturated rings. The number of piperidine rings is 1. The number of carboxylic acids is 2. The lowest BCUT2D eigenvalue weighted by atomic mass is 10.0. The molecule has 10 heteroatoms. The van der Waals surface area contributed by atoms with Crippen LogP contribution >= 0.6 is 11.8 Å². The summed E-state index contributed by atoms with van der Waals surface area (Å²) in [6.07, 6.45) is 3.43. The van der Waals surface area contributed by atoms with E-state index in [1.807, 2.05) is 36.0 Å². The molecule has 1 saturated heterocycles. The summed E-state index contributed by atoms with van der Waals surface area (Å²) < 4.78 is 11.3. The summed E-state index contributed by atoms with van der Waals surface area (Å²) in [4.78, 5) is 28.9. The smallest absolute Gasteiger partial charge is 0.328 e. The number of benzene rings is 2. The second kappa shape index (κ2) is 14.3. The second-order valence-electron chi connectivity index (χ2n) is 8.50. The van der Waals surface area contributed by atoms with E-state index in [4.69, 9.17) is 24.7 Å². The minimum atomic E-state index is -1.26. The average Bonchev–Trinajstić information content (AvgIpc) is 2.92. The molecule has 2 aromatic rings. The Morgan fingerprint density at radius 1 is 1.05 bits per heavy atom. The molecule has 0 bridgehead atoms. The predicted molar refractivity (Wildman–Crippen MR) is 145 cm³/mol. The fourth-order valence-electron chi connectivity index (χ4n) is 4.05. The summed E-state index contributed by atoms with van der Waals surface area (Å²) in [5, 5.41) is 16.8. The highest BCUT2D eigenvalue weighted by molar-refractivity contribution is 8.13. The van der Waals surface area contributed by atoms with Gasteiger partial charge in [0.25, 0.3) is 0 Å². The molecule has 0 unspecified atom stereocenters. The minimum absolute atomic E-state index is 0.554. The number of amidine groups is 1. The number of thioether (sulfide) groups is 1. The van der Waals surface area contributed by atoms with Gasteiger partial charge in [-0.05, 0) is 36.6 Å². The van der Waals surface area contributed by atoms with Gasteiger partial charge in [-0.1, -0.05) is 42.1 Å². The predicted octanol–water partition coefficient (Wildman–Crippen LogP) is 4.12. The Balaban J connectivity index is 0.000000414. The van der Waals surface area contributed by atoms with Crippen LogP contribution in [0.15, 0.2) is 65.7 Å². The van der Waals surface area contributed by atoms with Gasteiger partial charge in [-0.25, -0.2) is 14.6 Å². The van der Waals surface area contributed by atoms with Crippen LogP contribution in [0.3, 0.4) is 0 Å². The van der Waals surface area contributed by atoms with Crippen molar-refractivity contribution >= 4 is 34.6 Å². The molecule has 0 spiro atoms. The monoisotopic (exact) mass is 527 g/mol. The molecule has 0 amide bonds. The maximum absolute atomic E-state index is 9.55. The summed E-state index contributed by atoms with van der Waals surface area (Å²) in [5.74, 6) is 0.107. The number of aliphatic carboxylic acids is 2. The standard InChI is InChI=1S/C23H29N3O2S.C4H4O4/c1-25(23-24-20-8-4-3-7-18(20)17-29-23)19-11-13-26(14-12-19)15-16-28-22-10-6-5-9-21(22)27-2;5-3(6)1-2-4(7)8/h3-10,19H,11-17H2,1-2H3;1-2H,(H,5,6)(H,7,8). The van der Waals surface area contributed by atoms with E-state index < -0.39 is 11.9 Å². The quantitative estimate of drug-likeness (QED) is 0.490. The third-order valence-electron chi connectivity index (χ3n) is 6.07. The molecule has 2 heterocycles. The van der Waals surface area contributed by atoms with Gasteiger partial charge < -0.3 is 24.6 Å². The van der Waals surface area contributed by atoms with Gasteiger partial charge in [0, 0.05) is 50.6 Å². The van der Waals surface area contributed by atoms with Crippen molar-refractivity contribution in [3.05, 3.63) is 66.2 Å². The number of rotatable bonds is 8. The molecule has 0 atom stereocenters. The lowest BCUT2D eigenvalue weighted by Crippen LogP contribution is -2.46. The number of ether oxygens (including phenoxy) is 2. The van der Waals surface area contributed by atoms with Crippen molar-refractivity contribution in [3.63, 3.8) is 0 Å². The zero-order valence-electron chi connectivity index (χ0n) is 21.1. The van der Waals surface area contributed by atoms with Crippen molar-refractivity contribution in [1.82, 2.24) is 9.80 Å².